The minimum absolute atomic E-state index is 0.00828. The third-order valence-electron chi connectivity index (χ3n) is 5.64. The van der Waals surface area contributed by atoms with Gasteiger partial charge in [0.2, 0.25) is 0 Å². The highest BCUT2D eigenvalue weighted by molar-refractivity contribution is 6.31. The molecule has 0 bridgehead atoms. The number of hydrogen-bond donors (Lipinski definition) is 4. The average molecular weight is 588 g/mol. The molecule has 1 aliphatic rings. The molecule has 0 aliphatic carbocycles. The minimum Gasteiger partial charge on any atom is -0.478 e. The van der Waals surface area contributed by atoms with E-state index in [2.05, 4.69) is 10.2 Å². The molecule has 0 aromatic heterocycles. The molecule has 41 heavy (non-hydrogen) atoms. The van der Waals surface area contributed by atoms with Gasteiger partial charge in [0, 0.05) is 49.5 Å². The van der Waals surface area contributed by atoms with E-state index in [1.54, 1.807) is 24.0 Å². The lowest BCUT2D eigenvalue weighted by atomic mass is 10.1. The molecule has 0 radical (unpaired) electrons. The van der Waals surface area contributed by atoms with E-state index >= 15 is 0 Å². The van der Waals surface area contributed by atoms with Crippen LogP contribution in [0.25, 0.3) is 0 Å². The van der Waals surface area contributed by atoms with Gasteiger partial charge in [0.1, 0.15) is 0 Å². The summed E-state index contributed by atoms with van der Waals surface area (Å²) >= 11 is 6.35. The lowest BCUT2D eigenvalue weighted by Gasteiger charge is -2.28. The number of hydrogen-bond acceptors (Lipinski definition) is 8. The van der Waals surface area contributed by atoms with Crippen molar-refractivity contribution in [3.63, 3.8) is 0 Å². The Balaban J connectivity index is 0.000000642. The number of esters is 1. The number of nitrogens with zero attached hydrogens (tertiary/aromatic N) is 2. The molecule has 11 nitrogen and oxygen atoms in total. The van der Waals surface area contributed by atoms with Gasteiger partial charge in [-0.05, 0) is 56.6 Å². The molecule has 0 fully saturated rings. The number of carbonyl (C=O) groups excluding carboxylic acids is 2. The number of anilines is 3. The second kappa shape index (κ2) is 17.5. The van der Waals surface area contributed by atoms with Gasteiger partial charge in [-0.15, -0.1) is 0 Å². The number of carboxylic acids is 2. The van der Waals surface area contributed by atoms with Gasteiger partial charge in [0.05, 0.1) is 29.2 Å². The molecule has 12 heteroatoms. The lowest BCUT2D eigenvalue weighted by Crippen LogP contribution is -2.31. The average Bonchev–Trinajstić information content (AvgIpc) is 3.03. The molecule has 3 rings (SSSR count). The van der Waals surface area contributed by atoms with Crippen molar-refractivity contribution in [3.8, 4) is 0 Å². The monoisotopic (exact) mass is 587 g/mol. The zero-order valence-corrected chi connectivity index (χ0v) is 23.4. The quantitative estimate of drug-likeness (QED) is 0.155. The topological polar surface area (TPSA) is 157 Å². The SMILES string of the molecule is CCOC(=O)/C=C/CNCCCN1c2ccccc2C(=O)N(CCCO)c2ccc(Cl)cc21.O=C(O)/C=C\C(=O)O. The van der Waals surface area contributed by atoms with Crippen LogP contribution in [-0.4, -0.2) is 78.5 Å². The van der Waals surface area contributed by atoms with E-state index < -0.39 is 11.9 Å². The summed E-state index contributed by atoms with van der Waals surface area (Å²) < 4.78 is 4.86. The van der Waals surface area contributed by atoms with Crippen LogP contribution in [0.4, 0.5) is 17.1 Å². The van der Waals surface area contributed by atoms with E-state index in [1.165, 1.54) is 6.08 Å². The number of nitrogens with one attached hydrogen (secondary N) is 1. The van der Waals surface area contributed by atoms with Crippen LogP contribution in [-0.2, 0) is 19.1 Å². The maximum Gasteiger partial charge on any atom is 0.330 e. The summed E-state index contributed by atoms with van der Waals surface area (Å²) in [5, 5.41) is 28.9. The third-order valence-corrected chi connectivity index (χ3v) is 5.87. The summed E-state index contributed by atoms with van der Waals surface area (Å²) in [6.07, 6.45) is 5.57. The highest BCUT2D eigenvalue weighted by atomic mass is 35.5. The molecule has 2 aromatic carbocycles. The number of carbonyl (C=O) groups is 4. The Morgan fingerprint density at radius 3 is 2.27 bits per heavy atom. The molecule has 2 aromatic rings. The van der Waals surface area contributed by atoms with Gasteiger partial charge >= 0.3 is 17.9 Å². The molecule has 1 heterocycles. The van der Waals surface area contributed by atoms with E-state index in [1.807, 2.05) is 36.4 Å². The van der Waals surface area contributed by atoms with Gasteiger partial charge in [-0.2, -0.15) is 0 Å². The summed E-state index contributed by atoms with van der Waals surface area (Å²) in [4.78, 5) is 47.7. The molecule has 0 atom stereocenters. The molecule has 1 aliphatic heterocycles. The van der Waals surface area contributed by atoms with Crippen molar-refractivity contribution in [3.05, 3.63) is 77.4 Å². The van der Waals surface area contributed by atoms with Crippen LogP contribution in [0.15, 0.2) is 66.8 Å². The van der Waals surface area contributed by atoms with Crippen molar-refractivity contribution >= 4 is 52.5 Å². The first kappa shape index (κ1) is 33.0. The summed E-state index contributed by atoms with van der Waals surface area (Å²) in [7, 11) is 0. The van der Waals surface area contributed by atoms with Crippen LogP contribution in [0.2, 0.25) is 5.02 Å². The Labute approximate surface area is 243 Å². The van der Waals surface area contributed by atoms with E-state index in [0.717, 1.165) is 30.0 Å². The van der Waals surface area contributed by atoms with Crippen LogP contribution in [0.1, 0.15) is 30.1 Å². The fourth-order valence-corrected chi connectivity index (χ4v) is 4.11. The number of aliphatic carboxylic acids is 2. The number of benzene rings is 2. The van der Waals surface area contributed by atoms with E-state index in [-0.39, 0.29) is 18.5 Å². The maximum atomic E-state index is 13.4. The van der Waals surface area contributed by atoms with Crippen LogP contribution in [0.3, 0.4) is 0 Å². The zero-order valence-electron chi connectivity index (χ0n) is 22.7. The van der Waals surface area contributed by atoms with Gasteiger partial charge in [-0.3, -0.25) is 4.79 Å². The summed E-state index contributed by atoms with van der Waals surface area (Å²) in [6.45, 7) is 4.51. The van der Waals surface area contributed by atoms with Gasteiger partial charge < -0.3 is 35.2 Å². The van der Waals surface area contributed by atoms with Crippen molar-refractivity contribution < 1.29 is 39.2 Å². The first-order valence-corrected chi connectivity index (χ1v) is 13.3. The molecule has 0 saturated carbocycles. The Hall–Kier alpha value is -4.19. The number of aliphatic hydroxyl groups excluding tert-OH is 1. The predicted molar refractivity (Wildman–Crippen MR) is 156 cm³/mol. The molecular weight excluding hydrogens is 554 g/mol. The van der Waals surface area contributed by atoms with Crippen LogP contribution in [0, 0.1) is 0 Å². The maximum absolute atomic E-state index is 13.4. The predicted octanol–water partition coefficient (Wildman–Crippen LogP) is 3.63. The Kier molecular flexibility index (Phi) is 14.1. The summed E-state index contributed by atoms with van der Waals surface area (Å²) in [6, 6.07) is 13.1. The number of rotatable bonds is 13. The summed E-state index contributed by atoms with van der Waals surface area (Å²) in [5.41, 5.74) is 3.09. The molecule has 0 spiro atoms. The molecule has 1 amide bonds. The van der Waals surface area contributed by atoms with Crippen molar-refractivity contribution in [1.29, 1.82) is 0 Å². The van der Waals surface area contributed by atoms with Crippen molar-refractivity contribution in [2.75, 3.05) is 49.2 Å². The second-order valence-corrected chi connectivity index (χ2v) is 8.99. The Morgan fingerprint density at radius 2 is 1.61 bits per heavy atom. The number of halogens is 1. The highest BCUT2D eigenvalue weighted by Crippen LogP contribution is 2.42. The lowest BCUT2D eigenvalue weighted by molar-refractivity contribution is -0.137. The summed E-state index contributed by atoms with van der Waals surface area (Å²) in [5.74, 6) is -2.95. The van der Waals surface area contributed by atoms with Gasteiger partial charge in [-0.1, -0.05) is 29.8 Å². The normalized spacial score (nSPS) is 12.4. The Morgan fingerprint density at radius 1 is 0.927 bits per heavy atom. The smallest absolute Gasteiger partial charge is 0.330 e. The first-order valence-electron chi connectivity index (χ1n) is 13.0. The van der Waals surface area contributed by atoms with Gasteiger partial charge in [0.15, 0.2) is 0 Å². The fourth-order valence-electron chi connectivity index (χ4n) is 3.94. The van der Waals surface area contributed by atoms with Gasteiger partial charge in [-0.25, -0.2) is 14.4 Å². The molecule has 0 saturated heterocycles. The van der Waals surface area contributed by atoms with Crippen LogP contribution in [0.5, 0.6) is 0 Å². The minimum atomic E-state index is -1.26. The van der Waals surface area contributed by atoms with Crippen LogP contribution >= 0.6 is 11.6 Å². The van der Waals surface area contributed by atoms with Crippen molar-refractivity contribution in [1.82, 2.24) is 5.32 Å². The molecule has 220 valence electrons. The molecule has 4 N–H and O–H groups in total. The highest BCUT2D eigenvalue weighted by Gasteiger charge is 2.30. The largest absolute Gasteiger partial charge is 0.478 e. The number of amides is 1. The first-order chi connectivity index (χ1) is 19.7. The Bertz CT molecular complexity index is 1250. The van der Waals surface area contributed by atoms with Gasteiger partial charge in [0.25, 0.3) is 5.91 Å². The van der Waals surface area contributed by atoms with E-state index in [4.69, 9.17) is 26.6 Å². The third kappa shape index (κ3) is 10.7. The van der Waals surface area contributed by atoms with Crippen molar-refractivity contribution in [2.24, 2.45) is 0 Å². The number of para-hydroxylation sites is 1. The number of ether oxygens (including phenoxy) is 1. The van der Waals surface area contributed by atoms with E-state index in [0.29, 0.717) is 55.4 Å². The van der Waals surface area contributed by atoms with Crippen LogP contribution < -0.4 is 15.1 Å². The number of aliphatic hydroxyl groups is 1. The van der Waals surface area contributed by atoms with E-state index in [9.17, 15) is 24.3 Å². The number of fused-ring (bicyclic) bond motifs is 2. The molecule has 0 unspecified atom stereocenters. The zero-order chi connectivity index (χ0) is 30.2. The number of carboxylic acid groups (broad SMARTS) is 2. The van der Waals surface area contributed by atoms with Crippen molar-refractivity contribution in [2.45, 2.75) is 19.8 Å². The standard InChI is InChI=1S/C25H30ClN3O4.C4H4O4/c1-2-33-24(31)10-5-13-27-14-6-15-28-21-9-4-3-8-20(21)25(32)29(16-7-17-30)22-12-11-19(26)18-23(22)28;5-3(6)1-2-4(7)8/h3-5,8-12,18,27,30H,2,6-7,13-17H2,1H3;1-2H,(H,5,6)(H,7,8)/b10-5+;2-1-. The molecular formula is C29H34ClN3O8. The fraction of sp³-hybridized carbons (Fsp3) is 0.310. The second-order valence-electron chi connectivity index (χ2n) is 8.56.